The Morgan fingerprint density at radius 2 is 2.03 bits per heavy atom. The van der Waals surface area contributed by atoms with Crippen molar-refractivity contribution >= 4 is 39.8 Å². The number of likely N-dealkylation sites (tertiary alicyclic amines) is 1. The summed E-state index contributed by atoms with van der Waals surface area (Å²) in [6, 6.07) is 3.01. The Kier molecular flexibility index (Phi) is 8.52. The van der Waals surface area contributed by atoms with Crippen LogP contribution in [0.4, 0.5) is 9.18 Å². The molecule has 0 saturated carbocycles. The molecule has 0 spiro atoms. The molecule has 175 valence electrons. The predicted octanol–water partition coefficient (Wildman–Crippen LogP) is 2.80. The lowest BCUT2D eigenvalue weighted by Gasteiger charge is -2.44. The van der Waals surface area contributed by atoms with Crippen molar-refractivity contribution in [3.8, 4) is 5.75 Å². The van der Waals surface area contributed by atoms with E-state index in [-0.39, 0.29) is 37.0 Å². The lowest BCUT2D eigenvalue weighted by molar-refractivity contribution is -0.151. The van der Waals surface area contributed by atoms with Crippen molar-refractivity contribution in [3.63, 3.8) is 0 Å². The van der Waals surface area contributed by atoms with Gasteiger partial charge in [-0.05, 0) is 52.7 Å². The number of esters is 1. The topological polar surface area (TPSA) is 94.2 Å². The van der Waals surface area contributed by atoms with E-state index in [0.29, 0.717) is 6.42 Å². The molecule has 0 unspecified atom stereocenters. The van der Waals surface area contributed by atoms with Crippen molar-refractivity contribution in [2.75, 3.05) is 19.8 Å². The van der Waals surface area contributed by atoms with Crippen LogP contribution in [0.3, 0.4) is 0 Å². The molecule has 2 amide bonds. The largest absolute Gasteiger partial charge is 0.484 e. The number of hydrogen-bond acceptors (Lipinski definition) is 6. The van der Waals surface area contributed by atoms with Gasteiger partial charge in [-0.1, -0.05) is 11.6 Å². The molecule has 1 aromatic carbocycles. The van der Waals surface area contributed by atoms with Crippen LogP contribution in [-0.4, -0.2) is 69.7 Å². The van der Waals surface area contributed by atoms with E-state index >= 15 is 0 Å². The standard InChI is InChI=1S/C21H27ClFN2O6Si/c1-5-29-18(27)16-8-9-21(32,12-25(16)19(28)31-20(2,3)4)24-17(26)11-30-13-6-7-14(22)15(23)10-13/h6-7,10,16H,5,8-9,11-12H2,1-4H3,(H,24,26)/t16-,21+/m1/s1. The lowest BCUT2D eigenvalue weighted by Crippen LogP contribution is -2.65. The minimum absolute atomic E-state index is 0.0381. The maximum Gasteiger partial charge on any atom is 0.411 e. The average molecular weight is 486 g/mol. The molecule has 0 aliphatic carbocycles. The summed E-state index contributed by atoms with van der Waals surface area (Å²) in [5.41, 5.74) is -0.771. The summed E-state index contributed by atoms with van der Waals surface area (Å²) in [5, 5.41) is 1.68. The Hall–Kier alpha value is -2.33. The number of amides is 2. The van der Waals surface area contributed by atoms with Gasteiger partial charge in [0.15, 0.2) is 6.61 Å². The monoisotopic (exact) mass is 485 g/mol. The SMILES string of the molecule is CCOC(=O)[C@H]1CC[C@@]([Si])(NC(=O)COc2ccc(Cl)c(F)c2)CN1C(=O)OC(C)(C)C. The summed E-state index contributed by atoms with van der Waals surface area (Å²) in [7, 11) is 3.54. The number of nitrogens with one attached hydrogen (secondary N) is 1. The zero-order valence-corrected chi connectivity index (χ0v) is 20.3. The van der Waals surface area contributed by atoms with Crippen LogP contribution >= 0.6 is 11.6 Å². The summed E-state index contributed by atoms with van der Waals surface area (Å²) < 4.78 is 29.4. The Balaban J connectivity index is 2.06. The molecule has 1 heterocycles. The van der Waals surface area contributed by atoms with E-state index in [1.165, 1.54) is 17.0 Å². The van der Waals surface area contributed by atoms with Crippen LogP contribution in [0.2, 0.25) is 5.02 Å². The number of rotatable bonds is 6. The minimum atomic E-state index is -1.02. The average Bonchev–Trinajstić information content (AvgIpc) is 2.67. The number of nitrogens with zero attached hydrogens (tertiary/aromatic N) is 1. The molecule has 32 heavy (non-hydrogen) atoms. The van der Waals surface area contributed by atoms with Crippen LogP contribution < -0.4 is 10.1 Å². The summed E-state index contributed by atoms with van der Waals surface area (Å²) in [4.78, 5) is 38.9. The Morgan fingerprint density at radius 3 is 2.62 bits per heavy atom. The molecule has 1 fully saturated rings. The predicted molar refractivity (Wildman–Crippen MR) is 116 cm³/mol. The van der Waals surface area contributed by atoms with E-state index in [1.807, 2.05) is 0 Å². The van der Waals surface area contributed by atoms with Gasteiger partial charge >= 0.3 is 12.1 Å². The van der Waals surface area contributed by atoms with Crippen LogP contribution in [0.1, 0.15) is 40.5 Å². The third kappa shape index (κ3) is 7.37. The highest BCUT2D eigenvalue weighted by Gasteiger charge is 2.44. The highest BCUT2D eigenvalue weighted by molar-refractivity contribution is 6.30. The fourth-order valence-electron chi connectivity index (χ4n) is 3.14. The van der Waals surface area contributed by atoms with Crippen molar-refractivity contribution in [1.82, 2.24) is 10.2 Å². The first kappa shape index (κ1) is 25.9. The highest BCUT2D eigenvalue weighted by Crippen LogP contribution is 2.27. The summed E-state index contributed by atoms with van der Waals surface area (Å²) >= 11 is 5.63. The van der Waals surface area contributed by atoms with Crippen molar-refractivity contribution in [1.29, 1.82) is 0 Å². The molecule has 0 bridgehead atoms. The minimum Gasteiger partial charge on any atom is -0.484 e. The zero-order valence-electron chi connectivity index (χ0n) is 18.5. The molecule has 11 heteroatoms. The number of carbonyl (C=O) groups is 3. The summed E-state index contributed by atoms with van der Waals surface area (Å²) in [5.74, 6) is -1.56. The first-order valence-corrected chi connectivity index (χ1v) is 11.0. The van der Waals surface area contributed by atoms with Crippen molar-refractivity contribution in [2.24, 2.45) is 0 Å². The van der Waals surface area contributed by atoms with Gasteiger partial charge < -0.3 is 19.5 Å². The maximum atomic E-state index is 13.5. The number of carbonyl (C=O) groups excluding carboxylic acids is 3. The van der Waals surface area contributed by atoms with Gasteiger partial charge in [-0.2, -0.15) is 0 Å². The lowest BCUT2D eigenvalue weighted by atomic mass is 9.97. The van der Waals surface area contributed by atoms with Crippen LogP contribution in [0.25, 0.3) is 0 Å². The quantitative estimate of drug-likeness (QED) is 0.492. The molecule has 1 saturated heterocycles. The number of ether oxygens (including phenoxy) is 3. The molecular formula is C21H27ClFN2O6Si. The van der Waals surface area contributed by atoms with Gasteiger partial charge in [0.1, 0.15) is 23.2 Å². The van der Waals surface area contributed by atoms with Crippen LogP contribution in [0.5, 0.6) is 5.75 Å². The fourth-order valence-corrected chi connectivity index (χ4v) is 3.71. The molecular weight excluding hydrogens is 459 g/mol. The summed E-state index contributed by atoms with van der Waals surface area (Å²) in [6.07, 6.45) is -0.112. The van der Waals surface area contributed by atoms with Crippen molar-refractivity contribution < 1.29 is 33.0 Å². The van der Waals surface area contributed by atoms with Gasteiger partial charge in [0.25, 0.3) is 5.91 Å². The van der Waals surface area contributed by atoms with Crippen molar-refractivity contribution in [2.45, 2.75) is 57.3 Å². The molecule has 1 aliphatic rings. The Morgan fingerprint density at radius 1 is 1.34 bits per heavy atom. The number of halogens is 2. The van der Waals surface area contributed by atoms with Gasteiger partial charge in [-0.15, -0.1) is 0 Å². The van der Waals surface area contributed by atoms with E-state index < -0.39 is 40.6 Å². The van der Waals surface area contributed by atoms with E-state index in [2.05, 4.69) is 15.6 Å². The van der Waals surface area contributed by atoms with Gasteiger partial charge in [-0.25, -0.2) is 14.0 Å². The number of piperidine rings is 1. The second-order valence-corrected chi connectivity index (χ2v) is 9.77. The van der Waals surface area contributed by atoms with Gasteiger partial charge in [0, 0.05) is 17.8 Å². The molecule has 1 N–H and O–H groups in total. The highest BCUT2D eigenvalue weighted by atomic mass is 35.5. The molecule has 3 radical (unpaired) electrons. The third-order valence-corrected chi connectivity index (χ3v) is 5.33. The van der Waals surface area contributed by atoms with E-state index in [0.717, 1.165) is 6.07 Å². The van der Waals surface area contributed by atoms with Crippen LogP contribution in [0, 0.1) is 5.82 Å². The smallest absolute Gasteiger partial charge is 0.411 e. The number of benzene rings is 1. The normalized spacial score (nSPS) is 21.0. The Labute approximate surface area is 195 Å². The Bertz CT molecular complexity index is 865. The second kappa shape index (κ2) is 10.5. The molecule has 2 rings (SSSR count). The molecule has 1 aromatic rings. The molecule has 8 nitrogen and oxygen atoms in total. The van der Waals surface area contributed by atoms with Gasteiger partial charge in [-0.3, -0.25) is 9.69 Å². The number of hydrogen-bond donors (Lipinski definition) is 1. The fraction of sp³-hybridized carbons (Fsp3) is 0.571. The summed E-state index contributed by atoms with van der Waals surface area (Å²) in [6.45, 7) is 6.58. The third-order valence-electron chi connectivity index (χ3n) is 4.49. The second-order valence-electron chi connectivity index (χ2n) is 8.41. The van der Waals surface area contributed by atoms with Crippen molar-refractivity contribution in [3.05, 3.63) is 29.0 Å². The first-order chi connectivity index (χ1) is 14.8. The molecule has 2 atom stereocenters. The molecule has 1 aliphatic heterocycles. The maximum absolute atomic E-state index is 13.5. The van der Waals surface area contributed by atoms with Crippen LogP contribution in [-0.2, 0) is 19.1 Å². The molecule has 0 aromatic heterocycles. The van der Waals surface area contributed by atoms with E-state index in [9.17, 15) is 18.8 Å². The van der Waals surface area contributed by atoms with E-state index in [4.69, 9.17) is 25.8 Å². The van der Waals surface area contributed by atoms with E-state index in [1.54, 1.807) is 27.7 Å². The van der Waals surface area contributed by atoms with Crippen LogP contribution in [0.15, 0.2) is 18.2 Å². The van der Waals surface area contributed by atoms with Gasteiger partial charge in [0.05, 0.1) is 21.9 Å². The first-order valence-electron chi connectivity index (χ1n) is 10.1. The zero-order chi connectivity index (χ0) is 24.1. The van der Waals surface area contributed by atoms with Gasteiger partial charge in [0.2, 0.25) is 0 Å².